The molecular weight excluding hydrogens is 436 g/mol. The van der Waals surface area contributed by atoms with E-state index in [0.717, 1.165) is 0 Å². The molecule has 0 saturated heterocycles. The largest absolute Gasteiger partial charge is 0.495 e. The van der Waals surface area contributed by atoms with Gasteiger partial charge in [-0.15, -0.1) is 0 Å². The average Bonchev–Trinajstić information content (AvgIpc) is 2.79. The summed E-state index contributed by atoms with van der Waals surface area (Å²) in [4.78, 5) is 14.6. The number of hydrogen-bond donors (Lipinski definition) is 0. The number of para-hydroxylation sites is 3. The molecule has 31 heavy (non-hydrogen) atoms. The van der Waals surface area contributed by atoms with E-state index in [-0.39, 0.29) is 22.0 Å². The first-order valence-electron chi connectivity index (χ1n) is 9.59. The third-order valence-corrected chi connectivity index (χ3v) is 7.07. The first-order valence-corrected chi connectivity index (χ1v) is 11.4. The van der Waals surface area contributed by atoms with E-state index in [1.54, 1.807) is 62.5 Å². The first kappa shape index (κ1) is 22.7. The van der Waals surface area contributed by atoms with Crippen molar-refractivity contribution in [1.29, 1.82) is 0 Å². The molecule has 0 radical (unpaired) electrons. The maximum absolute atomic E-state index is 13.3. The van der Waals surface area contributed by atoms with Crippen LogP contribution in [0.3, 0.4) is 0 Å². The van der Waals surface area contributed by atoms with E-state index >= 15 is 0 Å². The fourth-order valence-electron chi connectivity index (χ4n) is 3.24. The molecule has 3 rings (SSSR count). The summed E-state index contributed by atoms with van der Waals surface area (Å²) < 4.78 is 33.3. The highest BCUT2D eigenvalue weighted by Gasteiger charge is 2.27. The van der Waals surface area contributed by atoms with E-state index in [1.165, 1.54) is 34.5 Å². The van der Waals surface area contributed by atoms with Crippen LogP contribution in [0.2, 0.25) is 5.02 Å². The fraction of sp³-hybridized carbons (Fsp3) is 0.174. The maximum Gasteiger partial charge on any atom is 0.264 e. The summed E-state index contributed by atoms with van der Waals surface area (Å²) in [6, 6.07) is 20.0. The minimum absolute atomic E-state index is 0.0145. The van der Waals surface area contributed by atoms with Crippen LogP contribution in [0.15, 0.2) is 77.7 Å². The number of nitrogens with zero attached hydrogens (tertiary/aromatic N) is 2. The van der Waals surface area contributed by atoms with Gasteiger partial charge in [-0.3, -0.25) is 9.10 Å². The highest BCUT2D eigenvalue weighted by molar-refractivity contribution is 7.92. The summed E-state index contributed by atoms with van der Waals surface area (Å²) in [5.41, 5.74) is 1.16. The zero-order chi connectivity index (χ0) is 22.6. The summed E-state index contributed by atoms with van der Waals surface area (Å²) >= 11 is 6.29. The topological polar surface area (TPSA) is 66.9 Å². The van der Waals surface area contributed by atoms with Gasteiger partial charge >= 0.3 is 0 Å². The average molecular weight is 459 g/mol. The smallest absolute Gasteiger partial charge is 0.264 e. The van der Waals surface area contributed by atoms with Gasteiger partial charge in [0.2, 0.25) is 0 Å². The Balaban J connectivity index is 2.02. The number of halogens is 1. The normalized spacial score (nSPS) is 11.1. The number of hydrogen-bond acceptors (Lipinski definition) is 4. The molecule has 1 amide bonds. The van der Waals surface area contributed by atoms with Gasteiger partial charge in [0, 0.05) is 13.6 Å². The SMILES string of the molecule is CCN(c1ccccc1)S(=O)(=O)c1ccc(Cl)c(C(=O)N(C)c2ccccc2OC)c1. The molecule has 0 atom stereocenters. The van der Waals surface area contributed by atoms with Crippen LogP contribution in [0, 0.1) is 0 Å². The second kappa shape index (κ2) is 9.41. The third-order valence-electron chi connectivity index (χ3n) is 4.84. The van der Waals surface area contributed by atoms with Crippen molar-refractivity contribution >= 4 is 38.9 Å². The van der Waals surface area contributed by atoms with Gasteiger partial charge in [-0.1, -0.05) is 41.9 Å². The fourth-order valence-corrected chi connectivity index (χ4v) is 4.94. The zero-order valence-corrected chi connectivity index (χ0v) is 19.0. The highest BCUT2D eigenvalue weighted by Crippen LogP contribution is 2.31. The minimum Gasteiger partial charge on any atom is -0.495 e. The van der Waals surface area contributed by atoms with Crippen molar-refractivity contribution in [3.63, 3.8) is 0 Å². The van der Waals surface area contributed by atoms with Gasteiger partial charge in [0.25, 0.3) is 15.9 Å². The van der Waals surface area contributed by atoms with Gasteiger partial charge in [-0.2, -0.15) is 0 Å². The standard InChI is InChI=1S/C23H23ClN2O4S/c1-4-26(17-10-6-5-7-11-17)31(28,29)18-14-15-20(24)19(16-18)23(27)25(2)21-12-8-9-13-22(21)30-3/h5-16H,4H2,1-3H3. The lowest BCUT2D eigenvalue weighted by atomic mass is 10.2. The molecule has 0 spiro atoms. The molecule has 3 aromatic carbocycles. The summed E-state index contributed by atoms with van der Waals surface area (Å²) in [5, 5.41) is 0.161. The van der Waals surface area contributed by atoms with E-state index in [4.69, 9.17) is 16.3 Å². The summed E-state index contributed by atoms with van der Waals surface area (Å²) in [5.74, 6) is 0.0637. The van der Waals surface area contributed by atoms with Crippen LogP contribution in [-0.2, 0) is 10.0 Å². The van der Waals surface area contributed by atoms with Crippen molar-refractivity contribution in [2.75, 3.05) is 29.9 Å². The summed E-state index contributed by atoms with van der Waals surface area (Å²) in [7, 11) is -0.803. The third kappa shape index (κ3) is 4.52. The molecule has 0 fully saturated rings. The van der Waals surface area contributed by atoms with Gasteiger partial charge in [0.15, 0.2) is 0 Å². The van der Waals surface area contributed by atoms with Gasteiger partial charge in [-0.05, 0) is 49.4 Å². The number of carbonyl (C=O) groups excluding carboxylic acids is 1. The Bertz CT molecular complexity index is 1180. The molecular formula is C23H23ClN2O4S. The number of sulfonamides is 1. The van der Waals surface area contributed by atoms with Crippen molar-refractivity contribution in [3.8, 4) is 5.75 Å². The number of rotatable bonds is 7. The molecule has 0 aromatic heterocycles. The molecule has 0 unspecified atom stereocenters. The maximum atomic E-state index is 13.3. The lowest BCUT2D eigenvalue weighted by Crippen LogP contribution is -2.31. The minimum atomic E-state index is -3.90. The van der Waals surface area contributed by atoms with Crippen molar-refractivity contribution in [1.82, 2.24) is 0 Å². The lowest BCUT2D eigenvalue weighted by Gasteiger charge is -2.24. The number of benzene rings is 3. The lowest BCUT2D eigenvalue weighted by molar-refractivity contribution is 0.0992. The van der Waals surface area contributed by atoms with Crippen LogP contribution in [0.4, 0.5) is 11.4 Å². The molecule has 0 saturated carbocycles. The molecule has 8 heteroatoms. The number of carbonyl (C=O) groups is 1. The van der Waals surface area contributed by atoms with E-state index < -0.39 is 15.9 Å². The van der Waals surface area contributed by atoms with E-state index in [1.807, 2.05) is 6.07 Å². The summed E-state index contributed by atoms with van der Waals surface area (Å²) in [6.07, 6.45) is 0. The van der Waals surface area contributed by atoms with Crippen molar-refractivity contribution in [2.45, 2.75) is 11.8 Å². The van der Waals surface area contributed by atoms with E-state index in [9.17, 15) is 13.2 Å². The van der Waals surface area contributed by atoms with Crippen LogP contribution in [-0.4, -0.2) is 35.0 Å². The molecule has 0 aliphatic rings. The van der Waals surface area contributed by atoms with Gasteiger partial charge in [0.1, 0.15) is 5.75 Å². The van der Waals surface area contributed by atoms with Crippen LogP contribution in [0.25, 0.3) is 0 Å². The Hall–Kier alpha value is -3.03. The molecule has 0 N–H and O–H groups in total. The molecule has 0 aliphatic heterocycles. The molecule has 6 nitrogen and oxygen atoms in total. The van der Waals surface area contributed by atoms with Crippen molar-refractivity contribution in [3.05, 3.63) is 83.4 Å². The molecule has 0 heterocycles. The molecule has 3 aromatic rings. The second-order valence-corrected chi connectivity index (χ2v) is 8.95. The number of methoxy groups -OCH3 is 1. The van der Waals surface area contributed by atoms with Crippen LogP contribution in [0.1, 0.15) is 17.3 Å². The Labute approximate surface area is 187 Å². The monoisotopic (exact) mass is 458 g/mol. The predicted molar refractivity (Wildman–Crippen MR) is 124 cm³/mol. The number of anilines is 2. The van der Waals surface area contributed by atoms with Crippen molar-refractivity contribution in [2.24, 2.45) is 0 Å². The second-order valence-electron chi connectivity index (χ2n) is 6.68. The van der Waals surface area contributed by atoms with Gasteiger partial charge < -0.3 is 9.64 Å². The van der Waals surface area contributed by atoms with Crippen LogP contribution < -0.4 is 13.9 Å². The number of ether oxygens (including phenoxy) is 1. The van der Waals surface area contributed by atoms with Gasteiger partial charge in [0.05, 0.1) is 34.0 Å². The zero-order valence-electron chi connectivity index (χ0n) is 17.4. The van der Waals surface area contributed by atoms with E-state index in [0.29, 0.717) is 17.1 Å². The molecule has 0 aliphatic carbocycles. The van der Waals surface area contributed by atoms with Crippen molar-refractivity contribution < 1.29 is 17.9 Å². The molecule has 0 bridgehead atoms. The quantitative estimate of drug-likeness (QED) is 0.508. The molecule has 162 valence electrons. The van der Waals surface area contributed by atoms with Gasteiger partial charge in [-0.25, -0.2) is 8.42 Å². The Morgan fingerprint density at radius 3 is 2.29 bits per heavy atom. The Kier molecular flexibility index (Phi) is 6.87. The van der Waals surface area contributed by atoms with Crippen LogP contribution >= 0.6 is 11.6 Å². The number of amides is 1. The predicted octanol–water partition coefficient (Wildman–Crippen LogP) is 4.84. The van der Waals surface area contributed by atoms with E-state index in [2.05, 4.69) is 0 Å². The first-order chi connectivity index (χ1) is 14.8. The Morgan fingerprint density at radius 2 is 1.65 bits per heavy atom. The Morgan fingerprint density at radius 1 is 1.00 bits per heavy atom. The highest BCUT2D eigenvalue weighted by atomic mass is 35.5. The van der Waals surface area contributed by atoms with Crippen LogP contribution in [0.5, 0.6) is 5.75 Å². The summed E-state index contributed by atoms with van der Waals surface area (Å²) in [6.45, 7) is 1.99.